The van der Waals surface area contributed by atoms with Gasteiger partial charge in [0, 0.05) is 5.56 Å². The summed E-state index contributed by atoms with van der Waals surface area (Å²) in [5, 5.41) is 5.67. The molecule has 0 saturated carbocycles. The predicted molar refractivity (Wildman–Crippen MR) is 123 cm³/mol. The SMILES string of the molecule is O=C(N/N=C/c1cccc(OCc2c(F)cccc2Cl)c1)C(=O)Nc1cc(C(F)(F)F)ccc1Cl. The van der Waals surface area contributed by atoms with Crippen LogP contribution >= 0.6 is 23.2 Å². The molecule has 0 aliphatic carbocycles. The van der Waals surface area contributed by atoms with Crippen molar-refractivity contribution in [3.63, 3.8) is 0 Å². The molecule has 6 nitrogen and oxygen atoms in total. The molecule has 0 radical (unpaired) electrons. The highest BCUT2D eigenvalue weighted by molar-refractivity contribution is 6.41. The van der Waals surface area contributed by atoms with Crippen molar-refractivity contribution in [2.75, 3.05) is 5.32 Å². The number of alkyl halides is 3. The minimum atomic E-state index is -4.66. The van der Waals surface area contributed by atoms with E-state index in [4.69, 9.17) is 27.9 Å². The van der Waals surface area contributed by atoms with E-state index in [0.29, 0.717) is 17.4 Å². The quantitative estimate of drug-likeness (QED) is 0.183. The number of rotatable bonds is 6. The Kier molecular flexibility index (Phi) is 8.31. The second-order valence-corrected chi connectivity index (χ2v) is 7.72. The lowest BCUT2D eigenvalue weighted by Crippen LogP contribution is -2.32. The number of anilines is 1. The Hall–Kier alpha value is -3.63. The number of amides is 2. The van der Waals surface area contributed by atoms with Crippen LogP contribution < -0.4 is 15.5 Å². The van der Waals surface area contributed by atoms with Crippen molar-refractivity contribution in [1.82, 2.24) is 5.43 Å². The third kappa shape index (κ3) is 7.17. The number of nitrogens with zero attached hydrogens (tertiary/aromatic N) is 1. The van der Waals surface area contributed by atoms with Crippen LogP contribution in [0, 0.1) is 5.82 Å². The molecule has 0 heterocycles. The number of ether oxygens (including phenoxy) is 1. The first-order chi connectivity index (χ1) is 16.5. The summed E-state index contributed by atoms with van der Waals surface area (Å²) in [6, 6.07) is 12.9. The van der Waals surface area contributed by atoms with Crippen LogP contribution in [0.4, 0.5) is 23.2 Å². The zero-order valence-corrected chi connectivity index (χ0v) is 19.0. The number of halogens is 6. The van der Waals surface area contributed by atoms with Gasteiger partial charge in [0.05, 0.1) is 27.5 Å². The molecule has 3 aromatic rings. The van der Waals surface area contributed by atoms with Crippen LogP contribution in [-0.2, 0) is 22.4 Å². The van der Waals surface area contributed by atoms with Gasteiger partial charge in [-0.25, -0.2) is 9.82 Å². The van der Waals surface area contributed by atoms with Gasteiger partial charge in [-0.05, 0) is 48.0 Å². The standard InChI is InChI=1S/C23H15Cl2F4N3O3/c24-17-5-2-6-19(26)16(17)12-35-15-4-1-3-13(9-15)11-30-32-22(34)21(33)31-20-10-14(23(27,28)29)7-8-18(20)25/h1-11H,12H2,(H,31,33)(H,32,34)/b30-11+. The minimum absolute atomic E-state index is 0.124. The van der Waals surface area contributed by atoms with Gasteiger partial charge in [-0.2, -0.15) is 18.3 Å². The summed E-state index contributed by atoms with van der Waals surface area (Å²) in [7, 11) is 0. The van der Waals surface area contributed by atoms with Crippen LogP contribution in [0.25, 0.3) is 0 Å². The highest BCUT2D eigenvalue weighted by Gasteiger charge is 2.31. The fraction of sp³-hybridized carbons (Fsp3) is 0.0870. The summed E-state index contributed by atoms with van der Waals surface area (Å²) in [6.45, 7) is -0.124. The van der Waals surface area contributed by atoms with E-state index < -0.39 is 29.4 Å². The molecule has 0 bridgehead atoms. The van der Waals surface area contributed by atoms with E-state index in [1.165, 1.54) is 30.5 Å². The third-order valence-electron chi connectivity index (χ3n) is 4.43. The van der Waals surface area contributed by atoms with E-state index in [-0.39, 0.29) is 27.9 Å². The smallest absolute Gasteiger partial charge is 0.416 e. The molecule has 0 saturated heterocycles. The molecule has 0 fully saturated rings. The molecule has 12 heteroatoms. The molecule has 0 spiro atoms. The van der Waals surface area contributed by atoms with Gasteiger partial charge in [-0.3, -0.25) is 9.59 Å². The van der Waals surface area contributed by atoms with Gasteiger partial charge >= 0.3 is 18.0 Å². The topological polar surface area (TPSA) is 79.8 Å². The monoisotopic (exact) mass is 527 g/mol. The number of carbonyl (C=O) groups excluding carboxylic acids is 2. The number of benzene rings is 3. The van der Waals surface area contributed by atoms with E-state index in [1.54, 1.807) is 18.2 Å². The maximum absolute atomic E-state index is 13.9. The van der Waals surface area contributed by atoms with Crippen LogP contribution in [0.15, 0.2) is 65.8 Å². The van der Waals surface area contributed by atoms with Crippen LogP contribution in [0.3, 0.4) is 0 Å². The van der Waals surface area contributed by atoms with Crippen molar-refractivity contribution in [2.24, 2.45) is 5.10 Å². The molecular weight excluding hydrogens is 513 g/mol. The first-order valence-corrected chi connectivity index (χ1v) is 10.5. The van der Waals surface area contributed by atoms with Crippen molar-refractivity contribution < 1.29 is 31.9 Å². The van der Waals surface area contributed by atoms with Crippen LogP contribution in [0.5, 0.6) is 5.75 Å². The van der Waals surface area contributed by atoms with Gasteiger partial charge in [0.25, 0.3) is 0 Å². The van der Waals surface area contributed by atoms with Crippen molar-refractivity contribution in [2.45, 2.75) is 12.8 Å². The van der Waals surface area contributed by atoms with E-state index in [0.717, 1.165) is 12.1 Å². The highest BCUT2D eigenvalue weighted by atomic mass is 35.5. The molecule has 2 amide bonds. The first kappa shape index (κ1) is 26.0. The van der Waals surface area contributed by atoms with Crippen LogP contribution in [0.2, 0.25) is 10.0 Å². The Bertz CT molecular complexity index is 1260. The van der Waals surface area contributed by atoms with Gasteiger partial charge in [0.15, 0.2) is 0 Å². The third-order valence-corrected chi connectivity index (χ3v) is 5.11. The molecule has 2 N–H and O–H groups in total. The lowest BCUT2D eigenvalue weighted by molar-refractivity contribution is -0.137. The summed E-state index contributed by atoms with van der Waals surface area (Å²) >= 11 is 11.8. The Balaban J connectivity index is 1.58. The Morgan fingerprint density at radius 3 is 2.43 bits per heavy atom. The lowest BCUT2D eigenvalue weighted by atomic mass is 10.2. The number of nitrogens with one attached hydrogen (secondary N) is 2. The molecule has 0 unspecified atom stereocenters. The second-order valence-electron chi connectivity index (χ2n) is 6.91. The van der Waals surface area contributed by atoms with Gasteiger partial charge in [0.1, 0.15) is 18.2 Å². The number of hydrazone groups is 1. The van der Waals surface area contributed by atoms with Crippen molar-refractivity contribution in [1.29, 1.82) is 0 Å². The Labute approximate surface area is 206 Å². The summed E-state index contributed by atoms with van der Waals surface area (Å²) in [5.74, 6) is -2.67. The number of hydrogen-bond acceptors (Lipinski definition) is 4. The maximum atomic E-state index is 13.9. The Morgan fingerprint density at radius 1 is 0.971 bits per heavy atom. The van der Waals surface area contributed by atoms with Crippen molar-refractivity contribution in [3.05, 3.63) is 93.2 Å². The van der Waals surface area contributed by atoms with Gasteiger partial charge in [-0.15, -0.1) is 0 Å². The fourth-order valence-corrected chi connectivity index (χ4v) is 3.09. The van der Waals surface area contributed by atoms with Crippen LogP contribution in [0.1, 0.15) is 16.7 Å². The zero-order valence-electron chi connectivity index (χ0n) is 17.5. The Morgan fingerprint density at radius 2 is 1.71 bits per heavy atom. The van der Waals surface area contributed by atoms with Crippen LogP contribution in [-0.4, -0.2) is 18.0 Å². The van der Waals surface area contributed by atoms with Gasteiger partial charge in [0.2, 0.25) is 0 Å². The summed E-state index contributed by atoms with van der Waals surface area (Å²) in [4.78, 5) is 23.9. The molecule has 3 aromatic carbocycles. The highest BCUT2D eigenvalue weighted by Crippen LogP contribution is 2.33. The van der Waals surface area contributed by atoms with Gasteiger partial charge < -0.3 is 10.1 Å². The molecular formula is C23H15Cl2F4N3O3. The molecule has 182 valence electrons. The summed E-state index contributed by atoms with van der Waals surface area (Å²) in [6.07, 6.45) is -3.46. The molecule has 35 heavy (non-hydrogen) atoms. The molecule has 0 atom stereocenters. The van der Waals surface area contributed by atoms with Crippen molar-refractivity contribution in [3.8, 4) is 5.75 Å². The predicted octanol–water partition coefficient (Wildman–Crippen LogP) is 5.82. The largest absolute Gasteiger partial charge is 0.489 e. The molecule has 0 aliphatic rings. The van der Waals surface area contributed by atoms with E-state index in [1.807, 2.05) is 10.7 Å². The summed E-state index contributed by atoms with van der Waals surface area (Å²) < 4.78 is 57.9. The zero-order chi connectivity index (χ0) is 25.6. The first-order valence-electron chi connectivity index (χ1n) is 9.71. The van der Waals surface area contributed by atoms with E-state index >= 15 is 0 Å². The van der Waals surface area contributed by atoms with E-state index in [2.05, 4.69) is 5.10 Å². The summed E-state index contributed by atoms with van der Waals surface area (Å²) in [5.41, 5.74) is 1.17. The average molecular weight is 528 g/mol. The molecule has 0 aliphatic heterocycles. The van der Waals surface area contributed by atoms with Gasteiger partial charge in [-0.1, -0.05) is 41.4 Å². The average Bonchev–Trinajstić information content (AvgIpc) is 2.79. The number of carbonyl (C=O) groups is 2. The lowest BCUT2D eigenvalue weighted by Gasteiger charge is -2.11. The molecule has 0 aromatic heterocycles. The minimum Gasteiger partial charge on any atom is -0.489 e. The van der Waals surface area contributed by atoms with E-state index in [9.17, 15) is 27.2 Å². The van der Waals surface area contributed by atoms with Crippen molar-refractivity contribution >= 4 is 46.9 Å². The normalized spacial score (nSPS) is 11.4. The molecule has 3 rings (SSSR count). The number of hydrogen-bond donors (Lipinski definition) is 2. The second kappa shape index (κ2) is 11.2. The maximum Gasteiger partial charge on any atom is 0.416 e. The fourth-order valence-electron chi connectivity index (χ4n) is 2.70.